The van der Waals surface area contributed by atoms with Crippen molar-refractivity contribution in [3.63, 3.8) is 0 Å². The summed E-state index contributed by atoms with van der Waals surface area (Å²) in [7, 11) is 0. The van der Waals surface area contributed by atoms with E-state index in [0.29, 0.717) is 6.42 Å². The fourth-order valence-electron chi connectivity index (χ4n) is 4.50. The number of carbonyl (C=O) groups is 3. The number of anilines is 1. The average Bonchev–Trinajstić information content (AvgIpc) is 3.41. The fourth-order valence-corrected chi connectivity index (χ4v) is 4.50. The Hall–Kier alpha value is -2.57. The van der Waals surface area contributed by atoms with Gasteiger partial charge in [-0.3, -0.25) is 14.5 Å². The Labute approximate surface area is 151 Å². The van der Waals surface area contributed by atoms with Crippen molar-refractivity contribution in [3.05, 3.63) is 29.8 Å². The Morgan fingerprint density at radius 1 is 1.12 bits per heavy atom. The maximum atomic E-state index is 12.6. The summed E-state index contributed by atoms with van der Waals surface area (Å²) in [5, 5.41) is 18.5. The lowest BCUT2D eigenvalue weighted by molar-refractivity contribution is -0.144. The van der Waals surface area contributed by atoms with Crippen LogP contribution in [0.4, 0.5) is 10.5 Å². The van der Waals surface area contributed by atoms with Crippen LogP contribution in [-0.4, -0.2) is 51.2 Å². The molecule has 2 saturated carbocycles. The largest absolute Gasteiger partial charge is 0.481 e. The molecule has 1 unspecified atom stereocenters. The normalized spacial score (nSPS) is 26.3. The number of para-hydroxylation sites is 1. The Balaban J connectivity index is 1.56. The standard InChI is InChI=1S/C19H22N2O5/c22-17(7-8-18(23)24)20(12-5-6-12)15-10-16-13(15)9-11-3-1-2-4-14(11)21(16)19(25)26/h1-4,12-13,15-16H,5-10H2,(H,23,24)(H,25,26)/t13-,15?,16+/m0/s1. The van der Waals surface area contributed by atoms with Crippen molar-refractivity contribution in [1.82, 2.24) is 4.90 Å². The number of carbonyl (C=O) groups excluding carboxylic acids is 1. The van der Waals surface area contributed by atoms with Crippen molar-refractivity contribution in [2.24, 2.45) is 5.92 Å². The van der Waals surface area contributed by atoms with Gasteiger partial charge in [0.1, 0.15) is 0 Å². The van der Waals surface area contributed by atoms with Crippen LogP contribution >= 0.6 is 0 Å². The Morgan fingerprint density at radius 2 is 1.85 bits per heavy atom. The Morgan fingerprint density at radius 3 is 2.50 bits per heavy atom. The predicted molar refractivity (Wildman–Crippen MR) is 93.1 cm³/mol. The number of aliphatic carboxylic acids is 1. The van der Waals surface area contributed by atoms with E-state index in [4.69, 9.17) is 5.11 Å². The molecule has 0 saturated heterocycles. The van der Waals surface area contributed by atoms with E-state index in [0.717, 1.165) is 30.5 Å². The summed E-state index contributed by atoms with van der Waals surface area (Å²) in [6.45, 7) is 0. The van der Waals surface area contributed by atoms with E-state index in [1.807, 2.05) is 29.2 Å². The molecule has 3 atom stereocenters. The van der Waals surface area contributed by atoms with Gasteiger partial charge >= 0.3 is 12.1 Å². The quantitative estimate of drug-likeness (QED) is 0.842. The van der Waals surface area contributed by atoms with Crippen LogP contribution in [0, 0.1) is 5.92 Å². The van der Waals surface area contributed by atoms with Crippen LogP contribution in [0.25, 0.3) is 0 Å². The van der Waals surface area contributed by atoms with Crippen molar-refractivity contribution < 1.29 is 24.6 Å². The van der Waals surface area contributed by atoms with Crippen LogP contribution in [-0.2, 0) is 16.0 Å². The number of benzene rings is 1. The maximum absolute atomic E-state index is 12.6. The highest BCUT2D eigenvalue weighted by atomic mass is 16.4. The number of rotatable bonds is 5. The molecule has 2 fully saturated rings. The second-order valence-corrected chi connectivity index (χ2v) is 7.45. The smallest absolute Gasteiger partial charge is 0.412 e. The molecule has 0 bridgehead atoms. The van der Waals surface area contributed by atoms with E-state index < -0.39 is 12.1 Å². The minimum Gasteiger partial charge on any atom is -0.481 e. The van der Waals surface area contributed by atoms with E-state index in [1.165, 1.54) is 4.90 Å². The van der Waals surface area contributed by atoms with Crippen LogP contribution < -0.4 is 4.90 Å². The summed E-state index contributed by atoms with van der Waals surface area (Å²) in [4.78, 5) is 38.6. The summed E-state index contributed by atoms with van der Waals surface area (Å²) in [5.41, 5.74) is 1.74. The molecule has 138 valence electrons. The van der Waals surface area contributed by atoms with Gasteiger partial charge in [-0.25, -0.2) is 4.79 Å². The number of fused-ring (bicyclic) bond motifs is 2. The maximum Gasteiger partial charge on any atom is 0.412 e. The summed E-state index contributed by atoms with van der Waals surface area (Å²) < 4.78 is 0. The second-order valence-electron chi connectivity index (χ2n) is 7.45. The van der Waals surface area contributed by atoms with Gasteiger partial charge in [0, 0.05) is 30.5 Å². The first-order valence-electron chi connectivity index (χ1n) is 9.10. The molecule has 2 amide bonds. The van der Waals surface area contributed by atoms with Gasteiger partial charge in [-0.15, -0.1) is 0 Å². The van der Waals surface area contributed by atoms with Gasteiger partial charge in [0.2, 0.25) is 5.91 Å². The molecule has 3 aliphatic rings. The molecule has 2 N–H and O–H groups in total. The molecular formula is C19H22N2O5. The molecule has 2 aliphatic carbocycles. The highest BCUT2D eigenvalue weighted by molar-refractivity contribution is 5.89. The van der Waals surface area contributed by atoms with Crippen molar-refractivity contribution in [2.75, 3.05) is 4.90 Å². The van der Waals surface area contributed by atoms with Crippen molar-refractivity contribution in [2.45, 2.75) is 56.7 Å². The molecule has 7 heteroatoms. The topological polar surface area (TPSA) is 98.2 Å². The van der Waals surface area contributed by atoms with Crippen LogP contribution in [0.5, 0.6) is 0 Å². The van der Waals surface area contributed by atoms with E-state index >= 15 is 0 Å². The SMILES string of the molecule is O=C(O)CCC(=O)N(C1CC1)C1C[C@@H]2[C@H]1Cc1ccccc1N2C(=O)O. The third-order valence-corrected chi connectivity index (χ3v) is 5.85. The van der Waals surface area contributed by atoms with Gasteiger partial charge in [-0.05, 0) is 37.3 Å². The molecular weight excluding hydrogens is 336 g/mol. The lowest BCUT2D eigenvalue weighted by atomic mass is 9.67. The van der Waals surface area contributed by atoms with E-state index in [9.17, 15) is 19.5 Å². The van der Waals surface area contributed by atoms with Gasteiger partial charge in [0.05, 0.1) is 12.1 Å². The van der Waals surface area contributed by atoms with Gasteiger partial charge in [0.25, 0.3) is 0 Å². The number of nitrogens with zero attached hydrogens (tertiary/aromatic N) is 2. The van der Waals surface area contributed by atoms with Gasteiger partial charge in [-0.2, -0.15) is 0 Å². The summed E-state index contributed by atoms with van der Waals surface area (Å²) in [6, 6.07) is 7.62. The molecule has 0 spiro atoms. The molecule has 7 nitrogen and oxygen atoms in total. The number of carboxylic acid groups (broad SMARTS) is 2. The zero-order chi connectivity index (χ0) is 18.4. The minimum atomic E-state index is -0.968. The first-order chi connectivity index (χ1) is 12.5. The van der Waals surface area contributed by atoms with Crippen molar-refractivity contribution in [3.8, 4) is 0 Å². The van der Waals surface area contributed by atoms with Gasteiger partial charge in [0.15, 0.2) is 0 Å². The van der Waals surface area contributed by atoms with Crippen molar-refractivity contribution >= 4 is 23.7 Å². The molecule has 1 aromatic carbocycles. The molecule has 1 aliphatic heterocycles. The highest BCUT2D eigenvalue weighted by Gasteiger charge is 2.54. The number of amides is 2. The first kappa shape index (κ1) is 16.9. The predicted octanol–water partition coefficient (Wildman–Crippen LogP) is 2.34. The van der Waals surface area contributed by atoms with Crippen LogP contribution in [0.2, 0.25) is 0 Å². The lowest BCUT2D eigenvalue weighted by Crippen LogP contribution is -2.66. The fraction of sp³-hybridized carbons (Fsp3) is 0.526. The van der Waals surface area contributed by atoms with Gasteiger partial charge in [-0.1, -0.05) is 18.2 Å². The molecule has 0 aromatic heterocycles. The molecule has 4 rings (SSSR count). The van der Waals surface area contributed by atoms with E-state index in [-0.39, 0.29) is 42.8 Å². The molecule has 1 heterocycles. The number of carboxylic acids is 1. The minimum absolute atomic E-state index is 0.00370. The van der Waals surface area contributed by atoms with Crippen LogP contribution in [0.1, 0.15) is 37.7 Å². The lowest BCUT2D eigenvalue weighted by Gasteiger charge is -2.56. The molecule has 1 aromatic rings. The molecule has 26 heavy (non-hydrogen) atoms. The number of hydrogen-bond acceptors (Lipinski definition) is 3. The first-order valence-corrected chi connectivity index (χ1v) is 9.10. The Kier molecular flexibility index (Phi) is 4.09. The molecule has 0 radical (unpaired) electrons. The summed E-state index contributed by atoms with van der Waals surface area (Å²) >= 11 is 0. The third-order valence-electron chi connectivity index (χ3n) is 5.85. The van der Waals surface area contributed by atoms with Crippen molar-refractivity contribution in [1.29, 1.82) is 0 Å². The number of hydrogen-bond donors (Lipinski definition) is 2. The summed E-state index contributed by atoms with van der Waals surface area (Å²) in [5.74, 6) is -1.00. The third kappa shape index (κ3) is 2.81. The van der Waals surface area contributed by atoms with Gasteiger partial charge < -0.3 is 15.1 Å². The van der Waals surface area contributed by atoms with Crippen LogP contribution in [0.15, 0.2) is 24.3 Å². The highest BCUT2D eigenvalue weighted by Crippen LogP contribution is 2.48. The zero-order valence-corrected chi connectivity index (χ0v) is 14.4. The average molecular weight is 358 g/mol. The second kappa shape index (κ2) is 6.30. The zero-order valence-electron chi connectivity index (χ0n) is 14.4. The van der Waals surface area contributed by atoms with E-state index in [1.54, 1.807) is 0 Å². The van der Waals surface area contributed by atoms with E-state index in [2.05, 4.69) is 0 Å². The monoisotopic (exact) mass is 358 g/mol. The Bertz CT molecular complexity index is 760. The van der Waals surface area contributed by atoms with Crippen LogP contribution in [0.3, 0.4) is 0 Å². The summed E-state index contributed by atoms with van der Waals surface area (Å²) in [6.07, 6.45) is 2.18.